The summed E-state index contributed by atoms with van der Waals surface area (Å²) < 4.78 is 39.3. The number of rotatable bonds is 5. The monoisotopic (exact) mass is 388 g/mol. The van der Waals surface area contributed by atoms with E-state index in [1.165, 1.54) is 0 Å². The third-order valence-corrected chi connectivity index (χ3v) is 8.06. The first-order chi connectivity index (χ1) is 12.8. The molecule has 1 aromatic rings. The molecule has 0 N–H and O–H groups in total. The molecule has 1 aliphatic carbocycles. The van der Waals surface area contributed by atoms with E-state index in [0.29, 0.717) is 23.4 Å². The van der Waals surface area contributed by atoms with E-state index in [1.807, 2.05) is 0 Å². The van der Waals surface area contributed by atoms with Crippen molar-refractivity contribution in [3.8, 4) is 6.07 Å². The maximum atomic E-state index is 15.0. The normalized spacial score (nSPS) is 23.4. The van der Waals surface area contributed by atoms with E-state index in [1.54, 1.807) is 38.1 Å². The lowest BCUT2D eigenvalue weighted by Crippen LogP contribution is -2.27. The number of allylic oxidation sites excluding steroid dienone is 1. The van der Waals surface area contributed by atoms with Gasteiger partial charge in [-0.05, 0) is 69.1 Å². The predicted octanol–water partition coefficient (Wildman–Crippen LogP) is 4.21. The van der Waals surface area contributed by atoms with Crippen LogP contribution in [0.4, 0.5) is 4.39 Å². The SMILES string of the molecule is CC(C)S(=O)(=O)CC1CCC(C2=C(F)C(c3cccc(C#N)c3)=NC2)CC1. The number of nitriles is 1. The van der Waals surface area contributed by atoms with Crippen LogP contribution in [-0.2, 0) is 9.84 Å². The highest BCUT2D eigenvalue weighted by molar-refractivity contribution is 7.91. The number of hydrogen-bond acceptors (Lipinski definition) is 4. The minimum atomic E-state index is -3.03. The largest absolute Gasteiger partial charge is 0.277 e. The topological polar surface area (TPSA) is 70.3 Å². The lowest BCUT2D eigenvalue weighted by molar-refractivity contribution is 0.316. The minimum Gasteiger partial charge on any atom is -0.277 e. The molecule has 0 amide bonds. The van der Waals surface area contributed by atoms with Gasteiger partial charge in [0.15, 0.2) is 9.84 Å². The van der Waals surface area contributed by atoms with Crippen molar-refractivity contribution in [2.45, 2.75) is 44.8 Å². The van der Waals surface area contributed by atoms with E-state index >= 15 is 4.39 Å². The van der Waals surface area contributed by atoms with E-state index in [9.17, 15) is 8.42 Å². The Bertz CT molecular complexity index is 918. The number of benzene rings is 1. The maximum absolute atomic E-state index is 15.0. The fraction of sp³-hybridized carbons (Fsp3) is 0.524. The van der Waals surface area contributed by atoms with Gasteiger partial charge in [0.05, 0.1) is 29.2 Å². The molecule has 0 atom stereocenters. The predicted molar refractivity (Wildman–Crippen MR) is 105 cm³/mol. The van der Waals surface area contributed by atoms with Crippen LogP contribution in [0.3, 0.4) is 0 Å². The molecule has 0 aromatic heterocycles. The third-order valence-electron chi connectivity index (χ3n) is 5.69. The fourth-order valence-corrected chi connectivity index (χ4v) is 5.29. The second-order valence-electron chi connectivity index (χ2n) is 7.79. The Morgan fingerprint density at radius 2 is 1.96 bits per heavy atom. The summed E-state index contributed by atoms with van der Waals surface area (Å²) in [7, 11) is -3.03. The van der Waals surface area contributed by atoms with Crippen LogP contribution >= 0.6 is 0 Å². The number of hydrogen-bond donors (Lipinski definition) is 0. The van der Waals surface area contributed by atoms with Gasteiger partial charge in [-0.25, -0.2) is 12.8 Å². The summed E-state index contributed by atoms with van der Waals surface area (Å²) in [6.07, 6.45) is 3.24. The zero-order chi connectivity index (χ0) is 19.6. The van der Waals surface area contributed by atoms with Gasteiger partial charge in [-0.2, -0.15) is 5.26 Å². The van der Waals surface area contributed by atoms with Crippen LogP contribution in [0.1, 0.15) is 50.7 Å². The Hall–Kier alpha value is -2.00. The molecule has 144 valence electrons. The summed E-state index contributed by atoms with van der Waals surface area (Å²) in [6.45, 7) is 3.80. The van der Waals surface area contributed by atoms with E-state index in [-0.39, 0.29) is 28.7 Å². The quantitative estimate of drug-likeness (QED) is 0.758. The highest BCUT2D eigenvalue weighted by atomic mass is 32.2. The smallest absolute Gasteiger partial charge is 0.152 e. The molecular weight excluding hydrogens is 363 g/mol. The van der Waals surface area contributed by atoms with Gasteiger partial charge < -0.3 is 0 Å². The Labute approximate surface area is 160 Å². The average Bonchev–Trinajstić information content (AvgIpc) is 3.03. The van der Waals surface area contributed by atoms with E-state index in [0.717, 1.165) is 31.3 Å². The number of aliphatic imine (C=N–C) groups is 1. The molecule has 0 spiro atoms. The highest BCUT2D eigenvalue weighted by Crippen LogP contribution is 2.38. The Morgan fingerprint density at radius 1 is 1.26 bits per heavy atom. The zero-order valence-electron chi connectivity index (χ0n) is 15.8. The first-order valence-corrected chi connectivity index (χ1v) is 11.2. The summed E-state index contributed by atoms with van der Waals surface area (Å²) in [5.41, 5.74) is 2.20. The van der Waals surface area contributed by atoms with Crippen LogP contribution in [0.15, 0.2) is 40.7 Å². The molecule has 0 radical (unpaired) electrons. The van der Waals surface area contributed by atoms with Gasteiger partial charge in [-0.15, -0.1) is 0 Å². The van der Waals surface area contributed by atoms with Crippen molar-refractivity contribution in [1.29, 1.82) is 5.26 Å². The Balaban J connectivity index is 1.67. The van der Waals surface area contributed by atoms with E-state index in [4.69, 9.17) is 5.26 Å². The molecule has 1 aliphatic heterocycles. The second-order valence-corrected chi connectivity index (χ2v) is 10.4. The number of nitrogens with zero attached hydrogens (tertiary/aromatic N) is 2. The Kier molecular flexibility index (Phi) is 5.81. The van der Waals surface area contributed by atoms with Crippen LogP contribution < -0.4 is 0 Å². The molecule has 4 nitrogen and oxygen atoms in total. The molecule has 27 heavy (non-hydrogen) atoms. The van der Waals surface area contributed by atoms with Crippen LogP contribution in [-0.4, -0.2) is 31.7 Å². The van der Waals surface area contributed by atoms with Crippen molar-refractivity contribution in [2.24, 2.45) is 16.8 Å². The first-order valence-electron chi connectivity index (χ1n) is 9.47. The molecule has 1 fully saturated rings. The molecule has 0 unspecified atom stereocenters. The molecule has 1 heterocycles. The maximum Gasteiger partial charge on any atom is 0.152 e. The van der Waals surface area contributed by atoms with Crippen molar-refractivity contribution in [1.82, 2.24) is 0 Å². The molecule has 1 aromatic carbocycles. The molecular formula is C21H25FN2O2S. The van der Waals surface area contributed by atoms with Gasteiger partial charge >= 0.3 is 0 Å². The Morgan fingerprint density at radius 3 is 2.59 bits per heavy atom. The van der Waals surface area contributed by atoms with Gasteiger partial charge in [0.1, 0.15) is 11.5 Å². The molecule has 0 saturated heterocycles. The van der Waals surface area contributed by atoms with Gasteiger partial charge in [-0.3, -0.25) is 4.99 Å². The van der Waals surface area contributed by atoms with E-state index in [2.05, 4.69) is 11.1 Å². The molecule has 0 bridgehead atoms. The summed E-state index contributed by atoms with van der Waals surface area (Å²) in [5, 5.41) is 8.69. The summed E-state index contributed by atoms with van der Waals surface area (Å²) in [5.74, 6) is 0.278. The zero-order valence-corrected chi connectivity index (χ0v) is 16.6. The van der Waals surface area contributed by atoms with E-state index < -0.39 is 9.84 Å². The minimum absolute atomic E-state index is 0.128. The summed E-state index contributed by atoms with van der Waals surface area (Å²) in [4.78, 5) is 4.38. The van der Waals surface area contributed by atoms with Crippen LogP contribution in [0.5, 0.6) is 0 Å². The fourth-order valence-electron chi connectivity index (χ4n) is 3.92. The first kappa shape index (κ1) is 19.8. The van der Waals surface area contributed by atoms with Gasteiger partial charge in [0, 0.05) is 5.56 Å². The van der Waals surface area contributed by atoms with Crippen LogP contribution in [0.25, 0.3) is 0 Å². The van der Waals surface area contributed by atoms with Crippen molar-refractivity contribution >= 4 is 15.5 Å². The van der Waals surface area contributed by atoms with Crippen molar-refractivity contribution in [3.05, 3.63) is 46.8 Å². The van der Waals surface area contributed by atoms with Crippen molar-refractivity contribution in [2.75, 3.05) is 12.3 Å². The molecule has 6 heteroatoms. The summed E-state index contributed by atoms with van der Waals surface area (Å²) in [6, 6.07) is 8.93. The van der Waals surface area contributed by atoms with Gasteiger partial charge in [0.2, 0.25) is 0 Å². The molecule has 3 rings (SSSR count). The summed E-state index contributed by atoms with van der Waals surface area (Å²) >= 11 is 0. The third kappa shape index (κ3) is 4.30. The number of sulfone groups is 1. The average molecular weight is 389 g/mol. The lowest BCUT2D eigenvalue weighted by atomic mass is 9.79. The van der Waals surface area contributed by atoms with Gasteiger partial charge in [0.25, 0.3) is 0 Å². The van der Waals surface area contributed by atoms with Gasteiger partial charge in [-0.1, -0.05) is 12.1 Å². The number of halogens is 1. The molecule has 2 aliphatic rings. The van der Waals surface area contributed by atoms with Crippen molar-refractivity contribution in [3.63, 3.8) is 0 Å². The lowest BCUT2D eigenvalue weighted by Gasteiger charge is -2.29. The highest BCUT2D eigenvalue weighted by Gasteiger charge is 2.32. The second kappa shape index (κ2) is 7.93. The molecule has 1 saturated carbocycles. The van der Waals surface area contributed by atoms with Crippen molar-refractivity contribution < 1.29 is 12.8 Å². The van der Waals surface area contributed by atoms with Crippen LogP contribution in [0.2, 0.25) is 0 Å². The van der Waals surface area contributed by atoms with Crippen LogP contribution in [0, 0.1) is 23.2 Å². The standard InChI is InChI=1S/C21H25FN2O2S/c1-14(2)27(25,26)13-15-6-8-17(9-7-15)19-12-24-21(20(19)22)18-5-3-4-16(10-18)11-23/h3-5,10,14-15,17H,6-9,12-13H2,1-2H3.